The van der Waals surface area contributed by atoms with Crippen molar-refractivity contribution in [3.8, 4) is 0 Å². The van der Waals surface area contributed by atoms with Crippen LogP contribution in [0, 0.1) is 0 Å². The first-order valence-corrected chi connectivity index (χ1v) is 6.31. The summed E-state index contributed by atoms with van der Waals surface area (Å²) < 4.78 is 0. The summed E-state index contributed by atoms with van der Waals surface area (Å²) in [5.74, 6) is -0.749. The average Bonchev–Trinajstić information content (AvgIpc) is 2.38. The number of hydrogen-bond acceptors (Lipinski definition) is 1. The minimum absolute atomic E-state index is 0.649. The molecular formula is C16H18O2. The number of aliphatic carboxylic acids is 1. The van der Waals surface area contributed by atoms with Crippen molar-refractivity contribution in [3.63, 3.8) is 0 Å². The fourth-order valence-electron chi connectivity index (χ4n) is 2.56. The molecule has 0 fully saturated rings. The summed E-state index contributed by atoms with van der Waals surface area (Å²) >= 11 is 0. The molecule has 2 aromatic carbocycles. The van der Waals surface area contributed by atoms with E-state index in [4.69, 9.17) is 0 Å². The maximum Gasteiger partial charge on any atom is 0.313 e. The number of hydrogen-bond donors (Lipinski definition) is 1. The van der Waals surface area contributed by atoms with Gasteiger partial charge in [0.2, 0.25) is 0 Å². The predicted molar refractivity (Wildman–Crippen MR) is 73.8 cm³/mol. The van der Waals surface area contributed by atoms with Crippen molar-refractivity contribution in [1.82, 2.24) is 0 Å². The molecule has 2 heteroatoms. The van der Waals surface area contributed by atoms with Gasteiger partial charge < -0.3 is 5.11 Å². The van der Waals surface area contributed by atoms with Gasteiger partial charge in [0.1, 0.15) is 0 Å². The zero-order valence-electron chi connectivity index (χ0n) is 10.8. The lowest BCUT2D eigenvalue weighted by atomic mass is 9.76. The van der Waals surface area contributed by atoms with E-state index in [0.29, 0.717) is 6.42 Å². The first kappa shape index (κ1) is 12.6. The van der Waals surface area contributed by atoms with Crippen LogP contribution in [0.2, 0.25) is 0 Å². The number of rotatable bonds is 4. The molecule has 2 aromatic rings. The standard InChI is InChI=1S/C16H18O2/c1-3-11-16(2,15(17)18)14-10-6-8-12-7-4-5-9-13(12)14/h4-10H,3,11H2,1-2H3,(H,17,18). The minimum atomic E-state index is -0.810. The Labute approximate surface area is 107 Å². The van der Waals surface area contributed by atoms with Gasteiger partial charge in [-0.2, -0.15) is 0 Å². The van der Waals surface area contributed by atoms with Gasteiger partial charge in [-0.1, -0.05) is 55.8 Å². The smallest absolute Gasteiger partial charge is 0.313 e. The first-order valence-electron chi connectivity index (χ1n) is 6.31. The minimum Gasteiger partial charge on any atom is -0.481 e. The van der Waals surface area contributed by atoms with Crippen molar-refractivity contribution in [2.24, 2.45) is 0 Å². The maximum absolute atomic E-state index is 11.7. The van der Waals surface area contributed by atoms with Gasteiger partial charge in [0.25, 0.3) is 0 Å². The largest absolute Gasteiger partial charge is 0.481 e. The van der Waals surface area contributed by atoms with E-state index >= 15 is 0 Å². The maximum atomic E-state index is 11.7. The van der Waals surface area contributed by atoms with E-state index in [2.05, 4.69) is 0 Å². The van der Waals surface area contributed by atoms with Crippen LogP contribution in [0.25, 0.3) is 10.8 Å². The summed E-state index contributed by atoms with van der Waals surface area (Å²) in [5, 5.41) is 11.7. The van der Waals surface area contributed by atoms with Crippen LogP contribution in [0.4, 0.5) is 0 Å². The Hall–Kier alpha value is -1.83. The Morgan fingerprint density at radius 1 is 1.17 bits per heavy atom. The molecule has 0 radical (unpaired) electrons. The monoisotopic (exact) mass is 242 g/mol. The van der Waals surface area contributed by atoms with Gasteiger partial charge >= 0.3 is 5.97 Å². The van der Waals surface area contributed by atoms with Crippen LogP contribution in [0.15, 0.2) is 42.5 Å². The number of carboxylic acid groups (broad SMARTS) is 1. The zero-order valence-corrected chi connectivity index (χ0v) is 10.8. The van der Waals surface area contributed by atoms with E-state index in [1.165, 1.54) is 0 Å². The van der Waals surface area contributed by atoms with Crippen molar-refractivity contribution in [2.75, 3.05) is 0 Å². The molecular weight excluding hydrogens is 224 g/mol. The molecule has 0 aliphatic heterocycles. The Balaban J connectivity index is 2.68. The van der Waals surface area contributed by atoms with Crippen LogP contribution in [0.3, 0.4) is 0 Å². The highest BCUT2D eigenvalue weighted by Crippen LogP contribution is 2.34. The van der Waals surface area contributed by atoms with Crippen molar-refractivity contribution < 1.29 is 9.90 Å². The lowest BCUT2D eigenvalue weighted by Crippen LogP contribution is -2.32. The van der Waals surface area contributed by atoms with Gasteiger partial charge in [-0.25, -0.2) is 0 Å². The van der Waals surface area contributed by atoms with Gasteiger partial charge in [0.15, 0.2) is 0 Å². The summed E-state index contributed by atoms with van der Waals surface area (Å²) in [4.78, 5) is 11.7. The molecule has 0 spiro atoms. The van der Waals surface area contributed by atoms with E-state index in [-0.39, 0.29) is 0 Å². The molecule has 0 heterocycles. The second-order valence-electron chi connectivity index (χ2n) is 4.91. The Kier molecular flexibility index (Phi) is 3.37. The van der Waals surface area contributed by atoms with Gasteiger partial charge in [-0.05, 0) is 29.7 Å². The highest BCUT2D eigenvalue weighted by atomic mass is 16.4. The van der Waals surface area contributed by atoms with Crippen molar-refractivity contribution >= 4 is 16.7 Å². The van der Waals surface area contributed by atoms with E-state index in [1.807, 2.05) is 56.3 Å². The van der Waals surface area contributed by atoms with Crippen molar-refractivity contribution in [3.05, 3.63) is 48.0 Å². The first-order chi connectivity index (χ1) is 8.59. The SMILES string of the molecule is CCCC(C)(C(=O)O)c1cccc2ccccc12. The van der Waals surface area contributed by atoms with E-state index in [1.54, 1.807) is 0 Å². The van der Waals surface area contributed by atoms with Crippen LogP contribution in [-0.2, 0) is 10.2 Å². The molecule has 0 bridgehead atoms. The third kappa shape index (κ3) is 1.99. The molecule has 0 aliphatic rings. The highest BCUT2D eigenvalue weighted by molar-refractivity contribution is 5.92. The molecule has 1 N–H and O–H groups in total. The van der Waals surface area contributed by atoms with Gasteiger partial charge in [-0.3, -0.25) is 4.79 Å². The molecule has 94 valence electrons. The molecule has 0 saturated heterocycles. The van der Waals surface area contributed by atoms with Crippen LogP contribution >= 0.6 is 0 Å². The third-order valence-electron chi connectivity index (χ3n) is 3.61. The summed E-state index contributed by atoms with van der Waals surface area (Å²) in [7, 11) is 0. The predicted octanol–water partition coefficient (Wildman–Crippen LogP) is 3.98. The number of carboxylic acids is 1. The summed E-state index contributed by atoms with van der Waals surface area (Å²) in [6.45, 7) is 3.84. The summed E-state index contributed by atoms with van der Waals surface area (Å²) in [6.07, 6.45) is 1.50. The Morgan fingerprint density at radius 2 is 1.83 bits per heavy atom. The molecule has 0 aliphatic carbocycles. The molecule has 2 rings (SSSR count). The van der Waals surface area contributed by atoms with Crippen molar-refractivity contribution in [2.45, 2.75) is 32.1 Å². The fraction of sp³-hybridized carbons (Fsp3) is 0.312. The van der Waals surface area contributed by atoms with Crippen molar-refractivity contribution in [1.29, 1.82) is 0 Å². The molecule has 18 heavy (non-hydrogen) atoms. The molecule has 0 saturated carbocycles. The molecule has 1 unspecified atom stereocenters. The van der Waals surface area contributed by atoms with Crippen LogP contribution in [0.5, 0.6) is 0 Å². The van der Waals surface area contributed by atoms with Gasteiger partial charge in [-0.15, -0.1) is 0 Å². The molecule has 0 aromatic heterocycles. The molecule has 1 atom stereocenters. The lowest BCUT2D eigenvalue weighted by Gasteiger charge is -2.26. The Morgan fingerprint density at radius 3 is 2.50 bits per heavy atom. The number of benzene rings is 2. The van der Waals surface area contributed by atoms with Gasteiger partial charge in [0, 0.05) is 0 Å². The van der Waals surface area contributed by atoms with Crippen LogP contribution < -0.4 is 0 Å². The highest BCUT2D eigenvalue weighted by Gasteiger charge is 2.35. The third-order valence-corrected chi connectivity index (χ3v) is 3.61. The normalized spacial score (nSPS) is 14.3. The second kappa shape index (κ2) is 4.81. The summed E-state index contributed by atoms with van der Waals surface area (Å²) in [6, 6.07) is 13.9. The summed E-state index contributed by atoms with van der Waals surface area (Å²) in [5.41, 5.74) is 0.102. The second-order valence-corrected chi connectivity index (χ2v) is 4.91. The topological polar surface area (TPSA) is 37.3 Å². The van der Waals surface area contributed by atoms with E-state index in [9.17, 15) is 9.90 Å². The average molecular weight is 242 g/mol. The molecule has 0 amide bonds. The van der Waals surface area contributed by atoms with Crippen LogP contribution in [-0.4, -0.2) is 11.1 Å². The van der Waals surface area contributed by atoms with E-state index in [0.717, 1.165) is 22.8 Å². The zero-order chi connectivity index (χ0) is 13.2. The number of fused-ring (bicyclic) bond motifs is 1. The van der Waals surface area contributed by atoms with E-state index < -0.39 is 11.4 Å². The van der Waals surface area contributed by atoms with Crippen LogP contribution in [0.1, 0.15) is 32.3 Å². The quantitative estimate of drug-likeness (QED) is 0.880. The molecule has 2 nitrogen and oxygen atoms in total. The number of carbonyl (C=O) groups is 1. The fourth-order valence-corrected chi connectivity index (χ4v) is 2.56. The lowest BCUT2D eigenvalue weighted by molar-refractivity contribution is -0.143. The van der Waals surface area contributed by atoms with Gasteiger partial charge in [0.05, 0.1) is 5.41 Å². The Bertz CT molecular complexity index is 569.